The van der Waals surface area contributed by atoms with Gasteiger partial charge in [-0.25, -0.2) is 0 Å². The van der Waals surface area contributed by atoms with Gasteiger partial charge in [-0.3, -0.25) is 5.10 Å². The lowest BCUT2D eigenvalue weighted by Crippen LogP contribution is -2.21. The van der Waals surface area contributed by atoms with E-state index in [1.807, 2.05) is 6.08 Å². The van der Waals surface area contributed by atoms with Gasteiger partial charge in [0.25, 0.3) is 0 Å². The van der Waals surface area contributed by atoms with Crippen molar-refractivity contribution in [3.05, 3.63) is 99.9 Å². The van der Waals surface area contributed by atoms with Gasteiger partial charge in [-0.2, -0.15) is 5.10 Å². The Balaban J connectivity index is 1.40. The van der Waals surface area contributed by atoms with E-state index >= 15 is 0 Å². The van der Waals surface area contributed by atoms with Gasteiger partial charge in [0.15, 0.2) is 0 Å². The number of rotatable bonds is 8. The summed E-state index contributed by atoms with van der Waals surface area (Å²) in [5.74, 6) is 0.796. The standard InChI is InChI=1S/C34H37N3S/c1-5-25(20-26-12-8-7-9-13-26)21-27(6-2)23(3)17-18-30-24(4)34(37-36-30)32-22-29-28(33-16-11-19-38-33)14-10-15-31(29)35-32/h5-6,10-11,14-19,21-22,26,35-36H,1,4,7-9,12-13,20H2,2-3H3/b23-17+,25-21+,27-6+,30-18+. The van der Waals surface area contributed by atoms with Crippen LogP contribution in [0.1, 0.15) is 52.4 Å². The maximum Gasteiger partial charge on any atom is 0.116 e. The fourth-order valence-corrected chi connectivity index (χ4v) is 6.29. The number of aromatic amines is 2. The first-order chi connectivity index (χ1) is 18.6. The number of thiophene rings is 1. The molecular weight excluding hydrogens is 482 g/mol. The van der Waals surface area contributed by atoms with Crippen molar-refractivity contribution in [2.24, 2.45) is 5.92 Å². The molecule has 3 heterocycles. The maximum atomic E-state index is 4.63. The van der Waals surface area contributed by atoms with Gasteiger partial charge in [-0.1, -0.05) is 87.8 Å². The Hall–Kier alpha value is -3.63. The minimum Gasteiger partial charge on any atom is -0.353 e. The second-order valence-corrected chi connectivity index (χ2v) is 11.2. The number of nitrogens with zero attached hydrogens (tertiary/aromatic N) is 1. The minimum absolute atomic E-state index is 0.796. The number of fused-ring (bicyclic) bond motifs is 1. The molecule has 5 rings (SSSR count). The Morgan fingerprint density at radius 2 is 2.00 bits per heavy atom. The van der Waals surface area contributed by atoms with E-state index in [9.17, 15) is 0 Å². The van der Waals surface area contributed by atoms with Crippen LogP contribution in [0.3, 0.4) is 0 Å². The molecule has 0 radical (unpaired) electrons. The second kappa shape index (κ2) is 11.8. The van der Waals surface area contributed by atoms with Crippen LogP contribution >= 0.6 is 11.3 Å². The van der Waals surface area contributed by atoms with Crippen LogP contribution in [0.25, 0.3) is 45.4 Å². The van der Waals surface area contributed by atoms with Gasteiger partial charge < -0.3 is 4.98 Å². The van der Waals surface area contributed by atoms with Crippen LogP contribution in [0.15, 0.2) is 89.4 Å². The molecule has 38 heavy (non-hydrogen) atoms. The summed E-state index contributed by atoms with van der Waals surface area (Å²) in [4.78, 5) is 4.81. The average Bonchev–Trinajstić information content (AvgIpc) is 3.70. The SMILES string of the molecule is C=C\C(=C/C(=C\C)C(/C)=C/C=c1/[nH]nc(-c2cc3c(-c4cccs4)cccc3[nH]2)c1=C)CC1CCCCC1. The van der Waals surface area contributed by atoms with Crippen LogP contribution in [0.2, 0.25) is 0 Å². The molecule has 1 saturated carbocycles. The molecule has 4 aromatic rings. The summed E-state index contributed by atoms with van der Waals surface area (Å²) < 4.78 is 0. The maximum absolute atomic E-state index is 4.63. The lowest BCUT2D eigenvalue weighted by Gasteiger charge is -2.22. The van der Waals surface area contributed by atoms with Crippen LogP contribution in [0, 0.1) is 5.92 Å². The Kier molecular flexibility index (Phi) is 8.09. The summed E-state index contributed by atoms with van der Waals surface area (Å²) in [6.07, 6.45) is 18.7. The molecule has 194 valence electrons. The summed E-state index contributed by atoms with van der Waals surface area (Å²) in [7, 11) is 0. The summed E-state index contributed by atoms with van der Waals surface area (Å²) >= 11 is 1.76. The molecule has 0 aliphatic heterocycles. The van der Waals surface area contributed by atoms with Crippen LogP contribution in [0.5, 0.6) is 0 Å². The van der Waals surface area contributed by atoms with Gasteiger partial charge >= 0.3 is 0 Å². The highest BCUT2D eigenvalue weighted by atomic mass is 32.1. The first-order valence-electron chi connectivity index (χ1n) is 13.6. The smallest absolute Gasteiger partial charge is 0.116 e. The number of benzene rings is 1. The molecule has 1 fully saturated rings. The molecule has 3 aromatic heterocycles. The molecule has 0 atom stereocenters. The normalized spacial score (nSPS) is 16.5. The van der Waals surface area contributed by atoms with Crippen molar-refractivity contribution in [3.63, 3.8) is 0 Å². The topological polar surface area (TPSA) is 44.5 Å². The number of allylic oxidation sites excluding steroid dienone is 7. The third-order valence-corrected chi connectivity index (χ3v) is 8.63. The Morgan fingerprint density at radius 1 is 1.16 bits per heavy atom. The predicted molar refractivity (Wildman–Crippen MR) is 165 cm³/mol. The molecule has 2 N–H and O–H groups in total. The van der Waals surface area contributed by atoms with Crippen molar-refractivity contribution < 1.29 is 0 Å². The third kappa shape index (κ3) is 5.61. The zero-order valence-corrected chi connectivity index (χ0v) is 23.3. The van der Waals surface area contributed by atoms with Crippen molar-refractivity contribution in [1.82, 2.24) is 15.2 Å². The van der Waals surface area contributed by atoms with E-state index in [1.165, 1.54) is 64.7 Å². The van der Waals surface area contributed by atoms with Crippen molar-refractivity contribution in [2.75, 3.05) is 0 Å². The zero-order chi connectivity index (χ0) is 26.5. The van der Waals surface area contributed by atoms with Crippen molar-refractivity contribution >= 4 is 34.9 Å². The first-order valence-corrected chi connectivity index (χ1v) is 14.5. The van der Waals surface area contributed by atoms with Crippen LogP contribution < -0.4 is 10.6 Å². The molecular formula is C34H37N3S. The lowest BCUT2D eigenvalue weighted by atomic mass is 9.84. The van der Waals surface area contributed by atoms with Gasteiger partial charge in [0, 0.05) is 26.6 Å². The van der Waals surface area contributed by atoms with E-state index in [0.29, 0.717) is 0 Å². The van der Waals surface area contributed by atoms with Crippen LogP contribution in [-0.4, -0.2) is 15.2 Å². The summed E-state index contributed by atoms with van der Waals surface area (Å²) in [5.41, 5.74) is 7.93. The second-order valence-electron chi connectivity index (χ2n) is 10.3. The number of hydrogen-bond acceptors (Lipinski definition) is 2. The van der Waals surface area contributed by atoms with Gasteiger partial charge in [-0.05, 0) is 72.6 Å². The van der Waals surface area contributed by atoms with Crippen LogP contribution in [0.4, 0.5) is 0 Å². The molecule has 1 aromatic carbocycles. The quantitative estimate of drug-likeness (QED) is 0.225. The van der Waals surface area contributed by atoms with Crippen molar-refractivity contribution in [2.45, 2.75) is 52.4 Å². The summed E-state index contributed by atoms with van der Waals surface area (Å²) in [5, 5.41) is 12.9. The third-order valence-electron chi connectivity index (χ3n) is 7.72. The van der Waals surface area contributed by atoms with E-state index in [4.69, 9.17) is 0 Å². The largest absolute Gasteiger partial charge is 0.353 e. The monoisotopic (exact) mass is 519 g/mol. The van der Waals surface area contributed by atoms with Crippen molar-refractivity contribution in [3.8, 4) is 21.8 Å². The predicted octanol–water partition coefficient (Wildman–Crippen LogP) is 8.45. The summed E-state index contributed by atoms with van der Waals surface area (Å²) in [6.45, 7) is 12.7. The Bertz CT molecular complexity index is 1620. The number of hydrogen-bond donors (Lipinski definition) is 2. The fourth-order valence-electron chi connectivity index (χ4n) is 5.52. The highest BCUT2D eigenvalue weighted by Gasteiger charge is 2.15. The first kappa shape index (κ1) is 26.0. The highest BCUT2D eigenvalue weighted by molar-refractivity contribution is 7.13. The fraction of sp³-hybridized carbons (Fsp3) is 0.265. The molecule has 0 amide bonds. The molecule has 1 aliphatic carbocycles. The summed E-state index contributed by atoms with van der Waals surface area (Å²) in [6, 6.07) is 12.8. The Morgan fingerprint density at radius 3 is 2.74 bits per heavy atom. The molecule has 0 unspecified atom stereocenters. The van der Waals surface area contributed by atoms with Crippen LogP contribution in [-0.2, 0) is 0 Å². The lowest BCUT2D eigenvalue weighted by molar-refractivity contribution is 0.358. The molecule has 0 saturated heterocycles. The number of H-pyrrole nitrogens is 2. The van der Waals surface area contributed by atoms with E-state index in [2.05, 4.69) is 108 Å². The molecule has 3 nitrogen and oxygen atoms in total. The number of aromatic nitrogens is 3. The molecule has 0 bridgehead atoms. The Labute approximate surface area is 229 Å². The van der Waals surface area contributed by atoms with Crippen molar-refractivity contribution in [1.29, 1.82) is 0 Å². The van der Waals surface area contributed by atoms with E-state index in [1.54, 1.807) is 11.3 Å². The van der Waals surface area contributed by atoms with Gasteiger partial charge in [0.05, 0.1) is 11.0 Å². The van der Waals surface area contributed by atoms with Gasteiger partial charge in [0.1, 0.15) is 5.69 Å². The highest BCUT2D eigenvalue weighted by Crippen LogP contribution is 2.33. The van der Waals surface area contributed by atoms with Gasteiger partial charge in [-0.15, -0.1) is 11.3 Å². The average molecular weight is 520 g/mol. The molecule has 1 aliphatic rings. The number of nitrogens with one attached hydrogen (secondary N) is 2. The molecule has 4 heteroatoms. The van der Waals surface area contributed by atoms with E-state index in [0.717, 1.165) is 39.8 Å². The van der Waals surface area contributed by atoms with E-state index in [-0.39, 0.29) is 0 Å². The van der Waals surface area contributed by atoms with E-state index < -0.39 is 0 Å². The molecule has 0 spiro atoms. The van der Waals surface area contributed by atoms with Gasteiger partial charge in [0.2, 0.25) is 0 Å². The minimum atomic E-state index is 0.796. The zero-order valence-electron chi connectivity index (χ0n) is 22.5.